The van der Waals surface area contributed by atoms with Crippen LogP contribution in [0.25, 0.3) is 0 Å². The highest BCUT2D eigenvalue weighted by Gasteiger charge is 2.20. The molecule has 0 spiro atoms. The van der Waals surface area contributed by atoms with Crippen LogP contribution in [0.4, 0.5) is 0 Å². The Hall–Kier alpha value is -2.11. The highest BCUT2D eigenvalue weighted by atomic mass is 16.6. The molecule has 0 heterocycles. The van der Waals surface area contributed by atoms with Crippen LogP contribution < -0.4 is 0 Å². The lowest BCUT2D eigenvalue weighted by atomic mass is 10.0. The largest absolute Gasteiger partial charge is 0.462 e. The molecule has 0 saturated carbocycles. The number of hydrogen-bond acceptors (Lipinski definition) is 6. The summed E-state index contributed by atoms with van der Waals surface area (Å²) in [5, 5.41) is 0. The fourth-order valence-corrected chi connectivity index (χ4v) is 11.6. The molecule has 6 nitrogen and oxygen atoms in total. The molecule has 484 valence electrons. The van der Waals surface area contributed by atoms with E-state index in [-0.39, 0.29) is 31.1 Å². The van der Waals surface area contributed by atoms with E-state index in [0.29, 0.717) is 19.3 Å². The summed E-state index contributed by atoms with van der Waals surface area (Å²) < 4.78 is 17.0. The second-order valence-electron chi connectivity index (χ2n) is 25.6. The van der Waals surface area contributed by atoms with Crippen LogP contribution in [0, 0.1) is 0 Å². The monoisotopic (exact) mass is 1150 g/mol. The van der Waals surface area contributed by atoms with Crippen molar-refractivity contribution in [2.75, 3.05) is 13.2 Å². The van der Waals surface area contributed by atoms with Gasteiger partial charge < -0.3 is 14.2 Å². The minimum absolute atomic E-state index is 0.0649. The lowest BCUT2D eigenvalue weighted by molar-refractivity contribution is -0.167. The number of ether oxygens (including phenoxy) is 3. The number of esters is 3. The Morgan fingerprint density at radius 1 is 0.232 bits per heavy atom. The van der Waals surface area contributed by atoms with Crippen LogP contribution in [0.3, 0.4) is 0 Å². The van der Waals surface area contributed by atoms with Crippen molar-refractivity contribution in [2.45, 2.75) is 431 Å². The van der Waals surface area contributed by atoms with E-state index in [1.165, 1.54) is 327 Å². The Bertz CT molecular complexity index is 1320. The third-order valence-corrected chi connectivity index (χ3v) is 17.2. The summed E-state index contributed by atoms with van der Waals surface area (Å²) in [5.41, 5.74) is 0. The predicted octanol–water partition coefficient (Wildman–Crippen LogP) is 25.7. The second kappa shape index (κ2) is 71.4. The van der Waals surface area contributed by atoms with Crippen LogP contribution in [0.2, 0.25) is 0 Å². The van der Waals surface area contributed by atoms with Gasteiger partial charge in [-0.2, -0.15) is 0 Å². The molecule has 0 fully saturated rings. The molecule has 1 atom stereocenters. The summed E-state index contributed by atoms with van der Waals surface area (Å²) in [4.78, 5) is 38.4. The van der Waals surface area contributed by atoms with Crippen molar-refractivity contribution in [3.8, 4) is 0 Å². The zero-order valence-electron chi connectivity index (χ0n) is 55.8. The maximum absolute atomic E-state index is 12.9. The Balaban J connectivity index is 4.08. The third kappa shape index (κ3) is 68.7. The third-order valence-electron chi connectivity index (χ3n) is 17.2. The van der Waals surface area contributed by atoms with E-state index in [4.69, 9.17) is 14.2 Å². The van der Waals surface area contributed by atoms with E-state index in [1.54, 1.807) is 0 Å². The van der Waals surface area contributed by atoms with Crippen molar-refractivity contribution in [3.63, 3.8) is 0 Å². The first kappa shape index (κ1) is 79.9. The number of rotatable bonds is 70. The van der Waals surface area contributed by atoms with Crippen LogP contribution in [0.1, 0.15) is 425 Å². The number of carbonyl (C=O) groups is 3. The van der Waals surface area contributed by atoms with Gasteiger partial charge >= 0.3 is 17.9 Å². The quantitative estimate of drug-likeness (QED) is 0.0261. The Morgan fingerprint density at radius 3 is 0.610 bits per heavy atom. The highest BCUT2D eigenvalue weighted by molar-refractivity contribution is 5.71. The van der Waals surface area contributed by atoms with Gasteiger partial charge in [0.1, 0.15) is 13.2 Å². The molecule has 0 rings (SSSR count). The van der Waals surface area contributed by atoms with E-state index < -0.39 is 6.10 Å². The van der Waals surface area contributed by atoms with Gasteiger partial charge in [-0.15, -0.1) is 0 Å². The molecular weight excluding hydrogens is 1010 g/mol. The average Bonchev–Trinajstić information content (AvgIpc) is 3.47. The van der Waals surface area contributed by atoms with E-state index in [9.17, 15) is 14.4 Å². The van der Waals surface area contributed by atoms with Crippen molar-refractivity contribution < 1.29 is 28.6 Å². The molecular formula is C76H144O6. The fraction of sp³-hybridized carbons (Fsp3) is 0.908. The van der Waals surface area contributed by atoms with Gasteiger partial charge in [-0.1, -0.05) is 360 Å². The SMILES string of the molecule is CCCCCCCCCC/C=C\CCCCCCCCCCCCCCCCCCCCCC(=O)OCC(COC(=O)CCCCCCCCCCCC)OC(=O)CCCCCCCCCCCCC/C=C\CCCCCCCCCC. The van der Waals surface area contributed by atoms with E-state index in [0.717, 1.165) is 57.8 Å². The Kier molecular flexibility index (Phi) is 69.5. The summed E-state index contributed by atoms with van der Waals surface area (Å²) >= 11 is 0. The molecule has 0 aromatic rings. The molecule has 82 heavy (non-hydrogen) atoms. The summed E-state index contributed by atoms with van der Waals surface area (Å²) in [7, 11) is 0. The van der Waals surface area contributed by atoms with Crippen LogP contribution >= 0.6 is 0 Å². The van der Waals surface area contributed by atoms with Gasteiger partial charge in [0.15, 0.2) is 6.10 Å². The highest BCUT2D eigenvalue weighted by Crippen LogP contribution is 2.19. The normalized spacial score (nSPS) is 12.1. The molecule has 0 aromatic carbocycles. The number of allylic oxidation sites excluding steroid dienone is 4. The van der Waals surface area contributed by atoms with E-state index in [1.807, 2.05) is 0 Å². The lowest BCUT2D eigenvalue weighted by Crippen LogP contribution is -2.30. The summed E-state index contributed by atoms with van der Waals surface area (Å²) in [6, 6.07) is 0. The van der Waals surface area contributed by atoms with Gasteiger partial charge in [0.25, 0.3) is 0 Å². The second-order valence-corrected chi connectivity index (χ2v) is 25.6. The van der Waals surface area contributed by atoms with Crippen molar-refractivity contribution >= 4 is 17.9 Å². The standard InChI is InChI=1S/C76H144O6/c1-4-7-10-13-16-19-22-24-26-28-30-32-34-35-36-37-38-39-40-41-43-44-46-48-50-52-54-57-60-63-66-69-75(78)81-72-73(71-80-74(77)68-65-62-59-56-21-18-15-12-9-6-3)82-76(79)70-67-64-61-58-55-53-51-49-47-45-42-33-31-29-27-25-23-20-17-14-11-8-5-2/h28-31,73H,4-27,32-72H2,1-3H3/b30-28-,31-29-. The minimum Gasteiger partial charge on any atom is -0.462 e. The van der Waals surface area contributed by atoms with Gasteiger partial charge in [-0.25, -0.2) is 0 Å². The van der Waals surface area contributed by atoms with Gasteiger partial charge in [-0.05, 0) is 70.6 Å². The van der Waals surface area contributed by atoms with Gasteiger partial charge in [0.2, 0.25) is 0 Å². The first-order valence-corrected chi connectivity index (χ1v) is 37.3. The molecule has 6 heteroatoms. The number of carbonyl (C=O) groups excluding carboxylic acids is 3. The molecule has 1 unspecified atom stereocenters. The molecule has 0 amide bonds. The Labute approximate surface area is 513 Å². The molecule has 0 bridgehead atoms. The zero-order valence-corrected chi connectivity index (χ0v) is 55.8. The molecule has 0 saturated heterocycles. The molecule has 0 N–H and O–H groups in total. The smallest absolute Gasteiger partial charge is 0.306 e. The first-order chi connectivity index (χ1) is 40.5. The molecule has 0 aliphatic carbocycles. The van der Waals surface area contributed by atoms with Gasteiger partial charge in [0.05, 0.1) is 0 Å². The Morgan fingerprint density at radius 2 is 0.402 bits per heavy atom. The summed E-state index contributed by atoms with van der Waals surface area (Å²) in [6.45, 7) is 6.71. The van der Waals surface area contributed by atoms with E-state index >= 15 is 0 Å². The maximum Gasteiger partial charge on any atom is 0.306 e. The minimum atomic E-state index is -0.768. The van der Waals surface area contributed by atoms with E-state index in [2.05, 4.69) is 45.1 Å². The lowest BCUT2D eigenvalue weighted by Gasteiger charge is -2.18. The maximum atomic E-state index is 12.9. The topological polar surface area (TPSA) is 78.9 Å². The van der Waals surface area contributed by atoms with Crippen LogP contribution in [-0.2, 0) is 28.6 Å². The number of unbranched alkanes of at least 4 members (excludes halogenated alkanes) is 55. The molecule has 0 aromatic heterocycles. The van der Waals surface area contributed by atoms with Crippen LogP contribution in [-0.4, -0.2) is 37.2 Å². The van der Waals surface area contributed by atoms with Crippen molar-refractivity contribution in [1.82, 2.24) is 0 Å². The molecule has 0 aliphatic heterocycles. The first-order valence-electron chi connectivity index (χ1n) is 37.3. The summed E-state index contributed by atoms with van der Waals surface area (Å²) in [5.74, 6) is -0.835. The van der Waals surface area contributed by atoms with Gasteiger partial charge in [-0.3, -0.25) is 14.4 Å². The average molecular weight is 1150 g/mol. The predicted molar refractivity (Wildman–Crippen MR) is 358 cm³/mol. The van der Waals surface area contributed by atoms with Crippen LogP contribution in [0.5, 0.6) is 0 Å². The van der Waals surface area contributed by atoms with Crippen LogP contribution in [0.15, 0.2) is 24.3 Å². The molecule has 0 radical (unpaired) electrons. The fourth-order valence-electron chi connectivity index (χ4n) is 11.6. The van der Waals surface area contributed by atoms with Crippen molar-refractivity contribution in [3.05, 3.63) is 24.3 Å². The zero-order chi connectivity index (χ0) is 59.2. The summed E-state index contributed by atoms with van der Waals surface area (Å²) in [6.07, 6.45) is 88.1. The number of hydrogen-bond donors (Lipinski definition) is 0. The van der Waals surface area contributed by atoms with Crippen molar-refractivity contribution in [1.29, 1.82) is 0 Å². The molecule has 0 aliphatic rings. The van der Waals surface area contributed by atoms with Gasteiger partial charge in [0, 0.05) is 19.3 Å². The van der Waals surface area contributed by atoms with Crippen molar-refractivity contribution in [2.24, 2.45) is 0 Å².